The number of fused-ring (bicyclic) bond motifs is 1. The van der Waals surface area contributed by atoms with Gasteiger partial charge in [-0.3, -0.25) is 0 Å². The van der Waals surface area contributed by atoms with E-state index in [0.717, 1.165) is 18.4 Å². The number of rotatable bonds is 3. The Kier molecular flexibility index (Phi) is 3.26. The molecule has 2 aromatic carbocycles. The van der Waals surface area contributed by atoms with Crippen LogP contribution in [0.4, 0.5) is 0 Å². The maximum absolute atomic E-state index is 10.0. The van der Waals surface area contributed by atoms with Crippen molar-refractivity contribution >= 4 is 0 Å². The first-order chi connectivity index (χ1) is 9.25. The van der Waals surface area contributed by atoms with E-state index >= 15 is 0 Å². The van der Waals surface area contributed by atoms with Gasteiger partial charge in [-0.2, -0.15) is 0 Å². The fourth-order valence-corrected chi connectivity index (χ4v) is 2.97. The molecule has 19 heavy (non-hydrogen) atoms. The molecule has 3 rings (SSSR count). The van der Waals surface area contributed by atoms with Crippen molar-refractivity contribution in [1.82, 2.24) is 5.32 Å². The summed E-state index contributed by atoms with van der Waals surface area (Å²) in [5.41, 5.74) is 3.65. The lowest BCUT2D eigenvalue weighted by atomic mass is 10.0. The molecule has 2 N–H and O–H groups in total. The van der Waals surface area contributed by atoms with Gasteiger partial charge in [0, 0.05) is 17.6 Å². The molecule has 0 radical (unpaired) electrons. The number of aryl methyl sites for hydroxylation is 1. The zero-order valence-corrected chi connectivity index (χ0v) is 11.1. The molecule has 0 saturated carbocycles. The number of phenolic OH excluding ortho intramolecular Hbond substituents is 1. The fraction of sp³-hybridized carbons (Fsp3) is 0.294. The lowest BCUT2D eigenvalue weighted by Crippen LogP contribution is -2.23. The lowest BCUT2D eigenvalue weighted by molar-refractivity contribution is 0.429. The van der Waals surface area contributed by atoms with E-state index < -0.39 is 0 Å². The first-order valence-corrected chi connectivity index (χ1v) is 6.87. The zero-order chi connectivity index (χ0) is 13.2. The summed E-state index contributed by atoms with van der Waals surface area (Å²) in [6, 6.07) is 16.8. The van der Waals surface area contributed by atoms with Gasteiger partial charge in [-0.05, 0) is 37.0 Å². The Morgan fingerprint density at radius 3 is 2.68 bits per heavy atom. The minimum Gasteiger partial charge on any atom is -0.508 e. The number of nitrogens with one attached hydrogen (secondary N) is 1. The van der Waals surface area contributed by atoms with Crippen molar-refractivity contribution < 1.29 is 5.11 Å². The third kappa shape index (κ3) is 2.36. The molecule has 2 nitrogen and oxygen atoms in total. The van der Waals surface area contributed by atoms with E-state index in [0.29, 0.717) is 5.75 Å². The highest BCUT2D eigenvalue weighted by atomic mass is 16.3. The molecule has 2 heteroatoms. The van der Waals surface area contributed by atoms with Crippen molar-refractivity contribution in [2.24, 2.45) is 0 Å². The van der Waals surface area contributed by atoms with Crippen LogP contribution in [0.15, 0.2) is 48.5 Å². The summed E-state index contributed by atoms with van der Waals surface area (Å²) in [7, 11) is 0. The molecule has 0 bridgehead atoms. The molecule has 0 heterocycles. The molecule has 0 amide bonds. The third-order valence-electron chi connectivity index (χ3n) is 3.97. The Bertz CT molecular complexity index is 565. The van der Waals surface area contributed by atoms with E-state index in [9.17, 15) is 5.11 Å². The minimum atomic E-state index is 0.256. The standard InChI is InChI=1S/C17H19NO/c1-12(13-6-3-2-4-7-13)18-15-11-10-14-8-5-9-16(19)17(14)15/h2-9,12,15,18-19H,10-11H2,1H3/t12-,15-/m1/s1. The Morgan fingerprint density at radius 1 is 1.11 bits per heavy atom. The summed E-state index contributed by atoms with van der Waals surface area (Å²) in [6.45, 7) is 2.17. The highest BCUT2D eigenvalue weighted by Crippen LogP contribution is 2.38. The molecular formula is C17H19NO. The van der Waals surface area contributed by atoms with Gasteiger partial charge in [0.1, 0.15) is 5.75 Å². The quantitative estimate of drug-likeness (QED) is 0.873. The molecule has 0 unspecified atom stereocenters. The molecule has 0 spiro atoms. The van der Waals surface area contributed by atoms with Crippen LogP contribution < -0.4 is 5.32 Å². The molecule has 1 aliphatic carbocycles. The lowest BCUT2D eigenvalue weighted by Gasteiger charge is -2.21. The molecule has 2 aromatic rings. The van der Waals surface area contributed by atoms with Gasteiger partial charge in [-0.25, -0.2) is 0 Å². The number of benzene rings is 2. The fourth-order valence-electron chi connectivity index (χ4n) is 2.97. The van der Waals surface area contributed by atoms with E-state index in [-0.39, 0.29) is 12.1 Å². The van der Waals surface area contributed by atoms with Gasteiger partial charge < -0.3 is 10.4 Å². The second kappa shape index (κ2) is 5.06. The van der Waals surface area contributed by atoms with Crippen molar-refractivity contribution in [2.75, 3.05) is 0 Å². The average molecular weight is 253 g/mol. The first kappa shape index (κ1) is 12.2. The van der Waals surface area contributed by atoms with Crippen molar-refractivity contribution in [3.05, 3.63) is 65.2 Å². The van der Waals surface area contributed by atoms with Crippen LogP contribution in [0.2, 0.25) is 0 Å². The normalized spacial score (nSPS) is 19.1. The van der Waals surface area contributed by atoms with Gasteiger partial charge in [0.15, 0.2) is 0 Å². The SMILES string of the molecule is C[C@@H](N[C@@H]1CCc2cccc(O)c21)c1ccccc1. The summed E-state index contributed by atoms with van der Waals surface area (Å²) in [4.78, 5) is 0. The van der Waals surface area contributed by atoms with E-state index in [4.69, 9.17) is 0 Å². The molecule has 0 fully saturated rings. The summed E-state index contributed by atoms with van der Waals surface area (Å²) in [5, 5.41) is 13.7. The van der Waals surface area contributed by atoms with Crippen molar-refractivity contribution in [2.45, 2.75) is 31.8 Å². The zero-order valence-electron chi connectivity index (χ0n) is 11.1. The summed E-state index contributed by atoms with van der Waals surface area (Å²) >= 11 is 0. The number of hydrogen-bond acceptors (Lipinski definition) is 2. The van der Waals surface area contributed by atoms with Crippen LogP contribution in [0, 0.1) is 0 Å². The monoisotopic (exact) mass is 253 g/mol. The van der Waals surface area contributed by atoms with Gasteiger partial charge in [-0.15, -0.1) is 0 Å². The minimum absolute atomic E-state index is 0.256. The maximum Gasteiger partial charge on any atom is 0.120 e. The van der Waals surface area contributed by atoms with Crippen LogP contribution >= 0.6 is 0 Å². The molecular weight excluding hydrogens is 234 g/mol. The highest BCUT2D eigenvalue weighted by molar-refractivity contribution is 5.44. The van der Waals surface area contributed by atoms with Crippen molar-refractivity contribution in [1.29, 1.82) is 0 Å². The van der Waals surface area contributed by atoms with Crippen LogP contribution in [-0.4, -0.2) is 5.11 Å². The Hall–Kier alpha value is -1.80. The van der Waals surface area contributed by atoms with E-state index in [1.807, 2.05) is 12.1 Å². The average Bonchev–Trinajstić information content (AvgIpc) is 2.84. The summed E-state index contributed by atoms with van der Waals surface area (Å²) in [6.07, 6.45) is 2.10. The molecule has 1 aliphatic rings. The second-order valence-corrected chi connectivity index (χ2v) is 5.24. The highest BCUT2D eigenvalue weighted by Gasteiger charge is 2.26. The van der Waals surface area contributed by atoms with Gasteiger partial charge in [0.2, 0.25) is 0 Å². The van der Waals surface area contributed by atoms with Crippen LogP contribution in [0.25, 0.3) is 0 Å². The Labute approximate surface area is 114 Å². The van der Waals surface area contributed by atoms with Gasteiger partial charge >= 0.3 is 0 Å². The second-order valence-electron chi connectivity index (χ2n) is 5.24. The van der Waals surface area contributed by atoms with Gasteiger partial charge in [0.25, 0.3) is 0 Å². The number of aromatic hydroxyl groups is 1. The summed E-state index contributed by atoms with van der Waals surface area (Å²) < 4.78 is 0. The molecule has 0 aliphatic heterocycles. The van der Waals surface area contributed by atoms with Gasteiger partial charge in [0.05, 0.1) is 0 Å². The predicted octanol–water partition coefficient (Wildman–Crippen LogP) is 3.73. The molecule has 0 aromatic heterocycles. The Balaban J connectivity index is 1.80. The largest absolute Gasteiger partial charge is 0.508 e. The van der Waals surface area contributed by atoms with E-state index in [2.05, 4.69) is 42.6 Å². The number of phenols is 1. The molecule has 0 saturated heterocycles. The van der Waals surface area contributed by atoms with Crippen LogP contribution in [0.5, 0.6) is 5.75 Å². The number of hydrogen-bond donors (Lipinski definition) is 2. The topological polar surface area (TPSA) is 32.3 Å². The van der Waals surface area contributed by atoms with Crippen molar-refractivity contribution in [3.8, 4) is 5.75 Å². The molecule has 2 atom stereocenters. The molecule has 98 valence electrons. The van der Waals surface area contributed by atoms with Crippen LogP contribution in [0.1, 0.15) is 42.1 Å². The maximum atomic E-state index is 10.0. The van der Waals surface area contributed by atoms with Crippen LogP contribution in [0.3, 0.4) is 0 Å². The Morgan fingerprint density at radius 2 is 1.89 bits per heavy atom. The third-order valence-corrected chi connectivity index (χ3v) is 3.97. The summed E-state index contributed by atoms with van der Waals surface area (Å²) in [5.74, 6) is 0.424. The first-order valence-electron chi connectivity index (χ1n) is 6.87. The van der Waals surface area contributed by atoms with E-state index in [1.54, 1.807) is 6.07 Å². The smallest absolute Gasteiger partial charge is 0.120 e. The van der Waals surface area contributed by atoms with E-state index in [1.165, 1.54) is 11.1 Å². The van der Waals surface area contributed by atoms with Gasteiger partial charge in [-0.1, -0.05) is 42.5 Å². The predicted molar refractivity (Wildman–Crippen MR) is 77.2 cm³/mol. The van der Waals surface area contributed by atoms with Crippen molar-refractivity contribution in [3.63, 3.8) is 0 Å². The van der Waals surface area contributed by atoms with Crippen LogP contribution in [-0.2, 0) is 6.42 Å².